The summed E-state index contributed by atoms with van der Waals surface area (Å²) >= 11 is 3.00. The van der Waals surface area contributed by atoms with Gasteiger partial charge in [0.25, 0.3) is 0 Å². The lowest BCUT2D eigenvalue weighted by atomic mass is 9.98. The lowest BCUT2D eigenvalue weighted by Crippen LogP contribution is -2.28. The first kappa shape index (κ1) is 30.1. The summed E-state index contributed by atoms with van der Waals surface area (Å²) in [5.41, 5.74) is 6.14. The molecule has 0 saturated carbocycles. The lowest BCUT2D eigenvalue weighted by Gasteiger charge is -2.14. The number of thiazole rings is 2. The Kier molecular flexibility index (Phi) is 10.9. The van der Waals surface area contributed by atoms with Gasteiger partial charge in [-0.15, -0.1) is 22.7 Å². The van der Waals surface area contributed by atoms with Gasteiger partial charge in [-0.3, -0.25) is 4.79 Å². The van der Waals surface area contributed by atoms with Crippen molar-refractivity contribution in [3.63, 3.8) is 0 Å². The van der Waals surface area contributed by atoms with E-state index in [9.17, 15) is 9.59 Å². The highest BCUT2D eigenvalue weighted by atomic mass is 32.1. The van der Waals surface area contributed by atoms with Crippen molar-refractivity contribution in [1.29, 1.82) is 0 Å². The van der Waals surface area contributed by atoms with E-state index in [0.717, 1.165) is 28.6 Å². The number of amides is 1. The SMILES string of the molecule is CCCCCCCCCCC(=O)c1csc(-c2csc(CCNC(=O)OCC3c4ccccc4-c4ccccc43)n2)n1. The molecule has 1 aliphatic carbocycles. The van der Waals surface area contributed by atoms with Crippen molar-refractivity contribution in [2.75, 3.05) is 13.2 Å². The Labute approximate surface area is 256 Å². The van der Waals surface area contributed by atoms with Crippen LogP contribution in [-0.2, 0) is 11.2 Å². The van der Waals surface area contributed by atoms with Crippen LogP contribution < -0.4 is 5.32 Å². The monoisotopic (exact) mass is 601 g/mol. The summed E-state index contributed by atoms with van der Waals surface area (Å²) in [6, 6.07) is 16.6. The number of unbranched alkanes of at least 4 members (excludes halogenated alkanes) is 7. The van der Waals surface area contributed by atoms with Gasteiger partial charge in [-0.2, -0.15) is 0 Å². The van der Waals surface area contributed by atoms with Gasteiger partial charge in [0.1, 0.15) is 23.0 Å². The summed E-state index contributed by atoms with van der Waals surface area (Å²) < 4.78 is 5.63. The number of rotatable bonds is 16. The first-order valence-electron chi connectivity index (χ1n) is 15.2. The Hall–Kier alpha value is -3.36. The predicted octanol–water partition coefficient (Wildman–Crippen LogP) is 9.06. The molecule has 0 atom stereocenters. The molecule has 4 aromatic rings. The quantitative estimate of drug-likeness (QED) is 0.102. The van der Waals surface area contributed by atoms with Crippen molar-refractivity contribution in [1.82, 2.24) is 15.3 Å². The molecule has 2 aromatic carbocycles. The molecular formula is C34H39N3O3S2. The van der Waals surface area contributed by atoms with E-state index in [1.54, 1.807) is 0 Å². The number of hydrogen-bond donors (Lipinski definition) is 1. The topological polar surface area (TPSA) is 81.2 Å². The van der Waals surface area contributed by atoms with Crippen LogP contribution in [0, 0.1) is 0 Å². The van der Waals surface area contributed by atoms with E-state index in [4.69, 9.17) is 4.74 Å². The average molecular weight is 602 g/mol. The molecule has 0 bridgehead atoms. The molecule has 2 heterocycles. The normalized spacial score (nSPS) is 12.2. The summed E-state index contributed by atoms with van der Waals surface area (Å²) in [5, 5.41) is 8.35. The zero-order valence-electron chi connectivity index (χ0n) is 24.3. The highest BCUT2D eigenvalue weighted by molar-refractivity contribution is 7.14. The molecule has 0 saturated heterocycles. The van der Waals surface area contributed by atoms with E-state index in [1.165, 1.54) is 83.5 Å². The maximum atomic E-state index is 12.6. The van der Waals surface area contributed by atoms with E-state index >= 15 is 0 Å². The van der Waals surface area contributed by atoms with Gasteiger partial charge in [-0.05, 0) is 28.7 Å². The molecule has 0 unspecified atom stereocenters. The number of benzene rings is 2. The van der Waals surface area contributed by atoms with Gasteiger partial charge in [0.2, 0.25) is 0 Å². The van der Waals surface area contributed by atoms with Gasteiger partial charge in [-0.1, -0.05) is 100 Å². The number of hydrogen-bond acceptors (Lipinski definition) is 7. The second-order valence-electron chi connectivity index (χ2n) is 10.8. The Morgan fingerprint density at radius 1 is 0.833 bits per heavy atom. The minimum atomic E-state index is -0.423. The number of alkyl carbamates (subject to hydrolysis) is 1. The predicted molar refractivity (Wildman–Crippen MR) is 172 cm³/mol. The van der Waals surface area contributed by atoms with Crippen LogP contribution in [0.25, 0.3) is 21.8 Å². The number of carbonyl (C=O) groups is 2. The zero-order valence-corrected chi connectivity index (χ0v) is 25.9. The zero-order chi connectivity index (χ0) is 29.1. The Bertz CT molecular complexity index is 1430. The number of fused-ring (bicyclic) bond motifs is 3. The summed E-state index contributed by atoms with van der Waals surface area (Å²) in [7, 11) is 0. The maximum Gasteiger partial charge on any atom is 0.407 e. The van der Waals surface area contributed by atoms with Gasteiger partial charge >= 0.3 is 6.09 Å². The van der Waals surface area contributed by atoms with Gasteiger partial charge in [0.05, 0.1) is 5.01 Å². The smallest absolute Gasteiger partial charge is 0.407 e. The van der Waals surface area contributed by atoms with Crippen molar-refractivity contribution in [3.8, 4) is 21.8 Å². The number of aromatic nitrogens is 2. The molecule has 1 amide bonds. The van der Waals surface area contributed by atoms with E-state index in [0.29, 0.717) is 31.7 Å². The molecule has 0 spiro atoms. The van der Waals surface area contributed by atoms with Crippen LogP contribution in [-0.4, -0.2) is 35.0 Å². The first-order chi connectivity index (χ1) is 20.6. The number of nitrogens with one attached hydrogen (secondary N) is 1. The van der Waals surface area contributed by atoms with E-state index in [-0.39, 0.29) is 11.7 Å². The number of carbonyl (C=O) groups excluding carboxylic acids is 2. The molecule has 0 radical (unpaired) electrons. The lowest BCUT2D eigenvalue weighted by molar-refractivity contribution is 0.0975. The van der Waals surface area contributed by atoms with Gasteiger partial charge in [0, 0.05) is 36.1 Å². The molecule has 2 aromatic heterocycles. The van der Waals surface area contributed by atoms with Crippen molar-refractivity contribution in [2.45, 2.75) is 77.0 Å². The minimum absolute atomic E-state index is 0.0417. The van der Waals surface area contributed by atoms with E-state index in [1.807, 2.05) is 35.0 Å². The third-order valence-corrected chi connectivity index (χ3v) is 9.54. The second-order valence-corrected chi connectivity index (χ2v) is 12.6. The molecule has 1 aliphatic rings. The summed E-state index contributed by atoms with van der Waals surface area (Å²) in [4.78, 5) is 34.3. The van der Waals surface area contributed by atoms with Crippen LogP contribution in [0.1, 0.15) is 97.3 Å². The van der Waals surface area contributed by atoms with Gasteiger partial charge in [-0.25, -0.2) is 14.8 Å². The van der Waals surface area contributed by atoms with Crippen molar-refractivity contribution >= 4 is 34.6 Å². The average Bonchev–Trinajstić information content (AvgIpc) is 3.75. The molecule has 0 fully saturated rings. The molecule has 6 nitrogen and oxygen atoms in total. The molecular weight excluding hydrogens is 563 g/mol. The Morgan fingerprint density at radius 2 is 1.50 bits per heavy atom. The van der Waals surface area contributed by atoms with Crippen LogP contribution in [0.4, 0.5) is 4.79 Å². The molecule has 1 N–H and O–H groups in total. The molecule has 5 rings (SSSR count). The largest absolute Gasteiger partial charge is 0.449 e. The van der Waals surface area contributed by atoms with Crippen LogP contribution in [0.5, 0.6) is 0 Å². The molecule has 0 aliphatic heterocycles. The van der Waals surface area contributed by atoms with Crippen LogP contribution >= 0.6 is 22.7 Å². The maximum absolute atomic E-state index is 12.6. The Balaban J connectivity index is 1.02. The number of ketones is 1. The number of ether oxygens (including phenoxy) is 1. The molecule has 42 heavy (non-hydrogen) atoms. The summed E-state index contributed by atoms with van der Waals surface area (Å²) in [5.74, 6) is 0.159. The van der Waals surface area contributed by atoms with Crippen molar-refractivity contribution < 1.29 is 14.3 Å². The number of nitrogens with zero attached hydrogens (tertiary/aromatic N) is 2. The van der Waals surface area contributed by atoms with Gasteiger partial charge in [0.15, 0.2) is 5.78 Å². The van der Waals surface area contributed by atoms with E-state index in [2.05, 4.69) is 46.5 Å². The third-order valence-electron chi connectivity index (χ3n) is 7.77. The molecule has 220 valence electrons. The summed E-state index contributed by atoms with van der Waals surface area (Å²) in [6.07, 6.45) is 10.5. The fraction of sp³-hybridized carbons (Fsp3) is 0.412. The minimum Gasteiger partial charge on any atom is -0.449 e. The third kappa shape index (κ3) is 7.72. The summed E-state index contributed by atoms with van der Waals surface area (Å²) in [6.45, 7) is 2.97. The van der Waals surface area contributed by atoms with Crippen LogP contribution in [0.15, 0.2) is 59.3 Å². The highest BCUT2D eigenvalue weighted by Crippen LogP contribution is 2.44. The second kappa shape index (κ2) is 15.2. The van der Waals surface area contributed by atoms with Crippen molar-refractivity contribution in [2.24, 2.45) is 0 Å². The fourth-order valence-electron chi connectivity index (χ4n) is 5.51. The first-order valence-corrected chi connectivity index (χ1v) is 16.9. The fourth-order valence-corrected chi connectivity index (χ4v) is 7.15. The van der Waals surface area contributed by atoms with E-state index < -0.39 is 6.09 Å². The number of Topliss-reactive ketones (excluding diaryl/α,β-unsaturated/α-hetero) is 1. The molecule has 8 heteroatoms. The Morgan fingerprint density at radius 3 is 2.21 bits per heavy atom. The van der Waals surface area contributed by atoms with Crippen molar-refractivity contribution in [3.05, 3.63) is 81.1 Å². The van der Waals surface area contributed by atoms with Crippen LogP contribution in [0.3, 0.4) is 0 Å². The van der Waals surface area contributed by atoms with Gasteiger partial charge < -0.3 is 10.1 Å². The highest BCUT2D eigenvalue weighted by Gasteiger charge is 2.29. The van der Waals surface area contributed by atoms with Crippen LogP contribution in [0.2, 0.25) is 0 Å². The standard InChI is InChI=1S/C34H39N3O3S2/c1-2-3-4-5-6-7-8-9-18-31(38)29-22-42-33(37-29)30-23-41-32(36-30)19-20-35-34(39)40-21-28-26-16-12-10-14-24(26)25-15-11-13-17-27(25)28/h10-17,22-23,28H,2-9,18-21H2,1H3,(H,35,39).